The Morgan fingerprint density at radius 1 is 1.50 bits per heavy atom. The van der Waals surface area contributed by atoms with Gasteiger partial charge in [0, 0.05) is 12.5 Å². The topological polar surface area (TPSA) is 29.1 Å². The van der Waals surface area contributed by atoms with Gasteiger partial charge in [-0.3, -0.25) is 4.79 Å². The molecule has 0 saturated heterocycles. The Hall–Kier alpha value is -0.600. The van der Waals surface area contributed by atoms with Crippen LogP contribution in [0, 0.1) is 11.3 Å². The SMILES string of the molecule is O=C(NCCF)C1CC2(CC2)C1. The summed E-state index contributed by atoms with van der Waals surface area (Å²) in [6, 6.07) is 0. The van der Waals surface area contributed by atoms with Gasteiger partial charge in [0.15, 0.2) is 0 Å². The van der Waals surface area contributed by atoms with E-state index in [9.17, 15) is 9.18 Å². The second kappa shape index (κ2) is 2.71. The summed E-state index contributed by atoms with van der Waals surface area (Å²) >= 11 is 0. The summed E-state index contributed by atoms with van der Waals surface area (Å²) in [4.78, 5) is 11.2. The molecule has 0 unspecified atom stereocenters. The van der Waals surface area contributed by atoms with E-state index < -0.39 is 6.67 Å². The molecule has 2 nitrogen and oxygen atoms in total. The van der Waals surface area contributed by atoms with E-state index in [0.29, 0.717) is 5.41 Å². The number of carbonyl (C=O) groups excluding carboxylic acids is 1. The van der Waals surface area contributed by atoms with Crippen molar-refractivity contribution < 1.29 is 9.18 Å². The Morgan fingerprint density at radius 3 is 2.67 bits per heavy atom. The molecule has 0 aromatic rings. The van der Waals surface area contributed by atoms with Crippen LogP contribution in [0.4, 0.5) is 4.39 Å². The largest absolute Gasteiger partial charge is 0.353 e. The summed E-state index contributed by atoms with van der Waals surface area (Å²) in [6.07, 6.45) is 4.70. The van der Waals surface area contributed by atoms with Gasteiger partial charge in [0.2, 0.25) is 5.91 Å². The normalized spacial score (nSPS) is 25.1. The fourth-order valence-electron chi connectivity index (χ4n) is 2.07. The predicted molar refractivity (Wildman–Crippen MR) is 43.4 cm³/mol. The van der Waals surface area contributed by atoms with Crippen molar-refractivity contribution in [1.82, 2.24) is 5.32 Å². The average Bonchev–Trinajstić information content (AvgIpc) is 2.76. The van der Waals surface area contributed by atoms with Crippen molar-refractivity contribution >= 4 is 5.91 Å². The molecule has 0 aromatic heterocycles. The maximum atomic E-state index is 11.7. The first-order chi connectivity index (χ1) is 5.76. The van der Waals surface area contributed by atoms with E-state index in [1.54, 1.807) is 0 Å². The van der Waals surface area contributed by atoms with Gasteiger partial charge in [-0.15, -0.1) is 0 Å². The number of nitrogens with one attached hydrogen (secondary N) is 1. The zero-order valence-electron chi connectivity index (χ0n) is 7.11. The van der Waals surface area contributed by atoms with Crippen LogP contribution in [0.25, 0.3) is 0 Å². The molecule has 2 saturated carbocycles. The molecule has 1 amide bonds. The van der Waals surface area contributed by atoms with Crippen LogP contribution in [0.5, 0.6) is 0 Å². The molecule has 3 heteroatoms. The third-order valence-electron chi connectivity index (χ3n) is 3.08. The first kappa shape index (κ1) is 8.02. The van der Waals surface area contributed by atoms with Gasteiger partial charge in [-0.2, -0.15) is 0 Å². The minimum Gasteiger partial charge on any atom is -0.353 e. The first-order valence-corrected chi connectivity index (χ1v) is 4.59. The van der Waals surface area contributed by atoms with Crippen LogP contribution in [0.1, 0.15) is 25.7 Å². The van der Waals surface area contributed by atoms with Gasteiger partial charge < -0.3 is 5.32 Å². The van der Waals surface area contributed by atoms with E-state index in [4.69, 9.17) is 0 Å². The maximum absolute atomic E-state index is 11.7. The zero-order chi connectivity index (χ0) is 8.60. The minimum absolute atomic E-state index is 0.0603. The van der Waals surface area contributed by atoms with E-state index in [1.165, 1.54) is 12.8 Å². The Morgan fingerprint density at radius 2 is 2.17 bits per heavy atom. The molecule has 0 radical (unpaired) electrons. The van der Waals surface area contributed by atoms with Gasteiger partial charge in [0.1, 0.15) is 6.67 Å². The van der Waals surface area contributed by atoms with Gasteiger partial charge >= 0.3 is 0 Å². The van der Waals surface area contributed by atoms with E-state index in [1.807, 2.05) is 0 Å². The van der Waals surface area contributed by atoms with Crippen LogP contribution in [0.3, 0.4) is 0 Å². The lowest BCUT2D eigenvalue weighted by atomic mass is 9.71. The number of alkyl halides is 1. The summed E-state index contributed by atoms with van der Waals surface area (Å²) in [6.45, 7) is -0.272. The monoisotopic (exact) mass is 171 g/mol. The van der Waals surface area contributed by atoms with Crippen molar-refractivity contribution in [2.24, 2.45) is 11.3 Å². The lowest BCUT2D eigenvalue weighted by molar-refractivity contribution is -0.129. The number of hydrogen-bond donors (Lipinski definition) is 1. The number of hydrogen-bond acceptors (Lipinski definition) is 1. The lowest BCUT2D eigenvalue weighted by Crippen LogP contribution is -2.40. The number of halogens is 1. The highest BCUT2D eigenvalue weighted by atomic mass is 19.1. The minimum atomic E-state index is -0.455. The molecule has 2 aliphatic rings. The fourth-order valence-corrected chi connectivity index (χ4v) is 2.07. The smallest absolute Gasteiger partial charge is 0.223 e. The molecule has 2 aliphatic carbocycles. The standard InChI is InChI=1S/C9H14FNO/c10-3-4-11-8(12)7-5-9(6-7)1-2-9/h7H,1-6H2,(H,11,12). The number of amides is 1. The highest BCUT2D eigenvalue weighted by Crippen LogP contribution is 2.63. The third-order valence-corrected chi connectivity index (χ3v) is 3.08. The zero-order valence-corrected chi connectivity index (χ0v) is 7.11. The Bertz CT molecular complexity index is 193. The first-order valence-electron chi connectivity index (χ1n) is 4.59. The van der Waals surface area contributed by atoms with Gasteiger partial charge in [0.25, 0.3) is 0 Å². The van der Waals surface area contributed by atoms with E-state index >= 15 is 0 Å². The van der Waals surface area contributed by atoms with E-state index in [2.05, 4.69) is 5.32 Å². The van der Waals surface area contributed by atoms with Crippen molar-refractivity contribution in [2.75, 3.05) is 13.2 Å². The molecule has 2 fully saturated rings. The van der Waals surface area contributed by atoms with Crippen molar-refractivity contribution in [1.29, 1.82) is 0 Å². The number of rotatable bonds is 3. The highest BCUT2D eigenvalue weighted by Gasteiger charge is 2.54. The summed E-state index contributed by atoms with van der Waals surface area (Å²) in [5.41, 5.74) is 0.567. The van der Waals surface area contributed by atoms with Gasteiger partial charge in [-0.05, 0) is 31.1 Å². The van der Waals surface area contributed by atoms with Gasteiger partial charge in [0.05, 0.1) is 0 Å². The van der Waals surface area contributed by atoms with Crippen LogP contribution in [0.15, 0.2) is 0 Å². The third kappa shape index (κ3) is 1.32. The Labute approximate surface area is 71.5 Å². The summed E-state index contributed by atoms with van der Waals surface area (Å²) in [5.74, 6) is 0.254. The van der Waals surface area contributed by atoms with E-state index in [-0.39, 0.29) is 18.4 Å². The Kier molecular flexibility index (Phi) is 1.81. The predicted octanol–water partition coefficient (Wildman–Crippen LogP) is 1.26. The molecule has 0 bridgehead atoms. The second-order valence-corrected chi connectivity index (χ2v) is 4.09. The van der Waals surface area contributed by atoms with Crippen molar-refractivity contribution in [3.05, 3.63) is 0 Å². The van der Waals surface area contributed by atoms with Crippen LogP contribution < -0.4 is 5.32 Å². The molecule has 2 rings (SSSR count). The summed E-state index contributed by atoms with van der Waals surface area (Å²) in [7, 11) is 0. The Balaban J connectivity index is 1.69. The van der Waals surface area contributed by atoms with Gasteiger partial charge in [-0.25, -0.2) is 4.39 Å². The molecule has 0 heterocycles. The molecule has 0 aliphatic heterocycles. The highest BCUT2D eigenvalue weighted by molar-refractivity contribution is 5.79. The van der Waals surface area contributed by atoms with E-state index in [0.717, 1.165) is 12.8 Å². The molecular formula is C9H14FNO. The number of carbonyl (C=O) groups is 1. The fraction of sp³-hybridized carbons (Fsp3) is 0.889. The molecule has 1 spiro atoms. The van der Waals surface area contributed by atoms with Crippen LogP contribution >= 0.6 is 0 Å². The summed E-state index contributed by atoms with van der Waals surface area (Å²) in [5, 5.41) is 2.59. The van der Waals surface area contributed by atoms with Crippen molar-refractivity contribution in [2.45, 2.75) is 25.7 Å². The molecular weight excluding hydrogens is 157 g/mol. The average molecular weight is 171 g/mol. The van der Waals surface area contributed by atoms with Gasteiger partial charge in [-0.1, -0.05) is 0 Å². The molecule has 0 atom stereocenters. The maximum Gasteiger partial charge on any atom is 0.223 e. The molecule has 1 N–H and O–H groups in total. The van der Waals surface area contributed by atoms with Crippen LogP contribution in [0.2, 0.25) is 0 Å². The quantitative estimate of drug-likeness (QED) is 0.680. The van der Waals surface area contributed by atoms with Crippen LogP contribution in [-0.2, 0) is 4.79 Å². The van der Waals surface area contributed by atoms with Crippen molar-refractivity contribution in [3.8, 4) is 0 Å². The lowest BCUT2D eigenvalue weighted by Gasteiger charge is -2.34. The molecule has 12 heavy (non-hydrogen) atoms. The van der Waals surface area contributed by atoms with Crippen LogP contribution in [-0.4, -0.2) is 19.1 Å². The van der Waals surface area contributed by atoms with Crippen molar-refractivity contribution in [3.63, 3.8) is 0 Å². The molecule has 0 aromatic carbocycles. The second-order valence-electron chi connectivity index (χ2n) is 4.09. The molecule has 68 valence electrons. The summed E-state index contributed by atoms with van der Waals surface area (Å²) < 4.78 is 11.7.